The minimum atomic E-state index is -0.378. The summed E-state index contributed by atoms with van der Waals surface area (Å²) in [5, 5.41) is 9.81. The Hall–Kier alpha value is -1.02. The number of para-hydroxylation sites is 1. The molecule has 1 fully saturated rings. The van der Waals surface area contributed by atoms with Crippen molar-refractivity contribution in [2.24, 2.45) is 5.92 Å². The number of hydrogen-bond acceptors (Lipinski definition) is 2. The van der Waals surface area contributed by atoms with Crippen LogP contribution in [0.3, 0.4) is 0 Å². The van der Waals surface area contributed by atoms with E-state index >= 15 is 0 Å². The third kappa shape index (κ3) is 2.81. The van der Waals surface area contributed by atoms with Crippen molar-refractivity contribution in [3.63, 3.8) is 0 Å². The average Bonchev–Trinajstić information content (AvgIpc) is 2.78. The summed E-state index contributed by atoms with van der Waals surface area (Å²) in [6, 6.07) is 8.24. The van der Waals surface area contributed by atoms with Gasteiger partial charge >= 0.3 is 0 Å². The molecule has 94 valence electrons. The average molecular weight is 233 g/mol. The third-order valence-corrected chi connectivity index (χ3v) is 3.71. The van der Waals surface area contributed by atoms with Crippen molar-refractivity contribution in [1.29, 1.82) is 0 Å². The molecule has 0 saturated carbocycles. The Morgan fingerprint density at radius 1 is 1.41 bits per heavy atom. The molecule has 1 unspecified atom stereocenters. The number of nitrogens with zero attached hydrogens (tertiary/aromatic N) is 1. The molecule has 0 spiro atoms. The lowest BCUT2D eigenvalue weighted by Gasteiger charge is -2.23. The number of hydrogen-bond donors (Lipinski definition) is 1. The van der Waals surface area contributed by atoms with Crippen LogP contribution in [0.15, 0.2) is 24.3 Å². The highest BCUT2D eigenvalue weighted by molar-refractivity contribution is 5.55. The molecule has 2 nitrogen and oxygen atoms in total. The van der Waals surface area contributed by atoms with E-state index in [-0.39, 0.29) is 6.10 Å². The summed E-state index contributed by atoms with van der Waals surface area (Å²) in [4.78, 5) is 2.43. The van der Waals surface area contributed by atoms with Crippen molar-refractivity contribution in [2.45, 2.75) is 39.2 Å². The molecule has 0 radical (unpaired) electrons. The fraction of sp³-hybridized carbons (Fsp3) is 0.600. The van der Waals surface area contributed by atoms with Gasteiger partial charge in [-0.1, -0.05) is 31.5 Å². The van der Waals surface area contributed by atoms with Crippen LogP contribution in [0.1, 0.15) is 44.8 Å². The van der Waals surface area contributed by atoms with Crippen LogP contribution in [-0.4, -0.2) is 18.2 Å². The van der Waals surface area contributed by atoms with Crippen molar-refractivity contribution in [1.82, 2.24) is 0 Å². The fourth-order valence-electron chi connectivity index (χ4n) is 2.82. The van der Waals surface area contributed by atoms with E-state index in [0.717, 1.165) is 24.6 Å². The number of anilines is 1. The maximum absolute atomic E-state index is 9.81. The lowest BCUT2D eigenvalue weighted by Crippen LogP contribution is -2.21. The lowest BCUT2D eigenvalue weighted by atomic mass is 10.0. The Kier molecular flexibility index (Phi) is 4.06. The molecular formula is C15H23NO. The van der Waals surface area contributed by atoms with E-state index in [1.165, 1.54) is 24.9 Å². The van der Waals surface area contributed by atoms with Gasteiger partial charge in [0.05, 0.1) is 6.10 Å². The molecule has 1 saturated heterocycles. The minimum absolute atomic E-state index is 0.378. The van der Waals surface area contributed by atoms with Gasteiger partial charge in [0.15, 0.2) is 0 Å². The predicted molar refractivity (Wildman–Crippen MR) is 72.3 cm³/mol. The van der Waals surface area contributed by atoms with Crippen LogP contribution in [-0.2, 0) is 0 Å². The first-order valence-electron chi connectivity index (χ1n) is 6.74. The molecule has 2 heteroatoms. The van der Waals surface area contributed by atoms with Gasteiger partial charge in [-0.25, -0.2) is 0 Å². The minimum Gasteiger partial charge on any atom is -0.389 e. The quantitative estimate of drug-likeness (QED) is 0.862. The number of rotatable bonds is 4. The first-order chi connectivity index (χ1) is 8.22. The smallest absolute Gasteiger partial charge is 0.0781 e. The van der Waals surface area contributed by atoms with Crippen LogP contribution < -0.4 is 4.90 Å². The molecule has 1 aliphatic rings. The fourth-order valence-corrected chi connectivity index (χ4v) is 2.82. The van der Waals surface area contributed by atoms with Crippen LogP contribution in [0, 0.1) is 5.92 Å². The van der Waals surface area contributed by atoms with E-state index in [1.807, 2.05) is 19.1 Å². The predicted octanol–water partition coefficient (Wildman–Crippen LogP) is 3.37. The molecule has 0 amide bonds. The normalized spacial score (nSPS) is 21.8. The van der Waals surface area contributed by atoms with Crippen LogP contribution in [0.25, 0.3) is 0 Å². The van der Waals surface area contributed by atoms with Gasteiger partial charge in [0, 0.05) is 24.3 Å². The van der Waals surface area contributed by atoms with Gasteiger partial charge in [-0.3, -0.25) is 0 Å². The molecular weight excluding hydrogens is 210 g/mol. The molecule has 0 aromatic heterocycles. The zero-order chi connectivity index (χ0) is 12.3. The molecule has 1 heterocycles. The Balaban J connectivity index is 2.13. The monoisotopic (exact) mass is 233 g/mol. The molecule has 1 N–H and O–H groups in total. The van der Waals surface area contributed by atoms with Crippen LogP contribution in [0.4, 0.5) is 5.69 Å². The first-order valence-corrected chi connectivity index (χ1v) is 6.74. The Labute approximate surface area is 104 Å². The summed E-state index contributed by atoms with van der Waals surface area (Å²) < 4.78 is 0. The summed E-state index contributed by atoms with van der Waals surface area (Å²) in [7, 11) is 0. The number of benzene rings is 1. The van der Waals surface area contributed by atoms with Crippen molar-refractivity contribution < 1.29 is 5.11 Å². The second-order valence-electron chi connectivity index (χ2n) is 5.12. The maximum atomic E-state index is 9.81. The summed E-state index contributed by atoms with van der Waals surface area (Å²) in [5.74, 6) is 0.835. The van der Waals surface area contributed by atoms with E-state index in [1.54, 1.807) is 0 Å². The second kappa shape index (κ2) is 5.54. The largest absolute Gasteiger partial charge is 0.389 e. The van der Waals surface area contributed by atoms with E-state index in [9.17, 15) is 5.11 Å². The van der Waals surface area contributed by atoms with Crippen molar-refractivity contribution in [3.05, 3.63) is 29.8 Å². The highest BCUT2D eigenvalue weighted by atomic mass is 16.3. The molecule has 1 aromatic rings. The van der Waals surface area contributed by atoms with Gasteiger partial charge in [0.2, 0.25) is 0 Å². The zero-order valence-electron chi connectivity index (χ0n) is 10.9. The Morgan fingerprint density at radius 2 is 2.18 bits per heavy atom. The van der Waals surface area contributed by atoms with Crippen LogP contribution in [0.2, 0.25) is 0 Å². The third-order valence-electron chi connectivity index (χ3n) is 3.71. The molecule has 2 rings (SSSR count). The molecule has 1 aromatic carbocycles. The SMILES string of the molecule is CCCC1CCN(c2ccccc2[C@H](C)O)C1. The van der Waals surface area contributed by atoms with Gasteiger partial charge < -0.3 is 10.0 Å². The molecule has 0 aliphatic carbocycles. The number of aliphatic hydroxyl groups is 1. The highest BCUT2D eigenvalue weighted by Crippen LogP contribution is 2.31. The standard InChI is InChI=1S/C15H23NO/c1-3-6-13-9-10-16(11-13)15-8-5-4-7-14(15)12(2)17/h4-5,7-8,12-13,17H,3,6,9-11H2,1-2H3/t12-,13?/m0/s1. The summed E-state index contributed by atoms with van der Waals surface area (Å²) >= 11 is 0. The lowest BCUT2D eigenvalue weighted by molar-refractivity contribution is 0.199. The van der Waals surface area contributed by atoms with E-state index < -0.39 is 0 Å². The summed E-state index contributed by atoms with van der Waals surface area (Å²) in [6.07, 6.45) is 3.52. The number of aliphatic hydroxyl groups excluding tert-OH is 1. The van der Waals surface area contributed by atoms with Crippen molar-refractivity contribution in [2.75, 3.05) is 18.0 Å². The van der Waals surface area contributed by atoms with Crippen LogP contribution >= 0.6 is 0 Å². The van der Waals surface area contributed by atoms with Crippen molar-refractivity contribution >= 4 is 5.69 Å². The molecule has 1 aliphatic heterocycles. The molecule has 0 bridgehead atoms. The molecule has 2 atom stereocenters. The van der Waals surface area contributed by atoms with Gasteiger partial charge in [-0.05, 0) is 31.7 Å². The Morgan fingerprint density at radius 3 is 2.88 bits per heavy atom. The van der Waals surface area contributed by atoms with Gasteiger partial charge in [0.25, 0.3) is 0 Å². The van der Waals surface area contributed by atoms with Crippen LogP contribution in [0.5, 0.6) is 0 Å². The maximum Gasteiger partial charge on any atom is 0.0781 e. The van der Waals surface area contributed by atoms with E-state index in [0.29, 0.717) is 0 Å². The topological polar surface area (TPSA) is 23.5 Å². The molecule has 17 heavy (non-hydrogen) atoms. The summed E-state index contributed by atoms with van der Waals surface area (Å²) in [5.41, 5.74) is 2.28. The zero-order valence-corrected chi connectivity index (χ0v) is 10.9. The first kappa shape index (κ1) is 12.4. The Bertz CT molecular complexity index is 362. The second-order valence-corrected chi connectivity index (χ2v) is 5.12. The van der Waals surface area contributed by atoms with Crippen molar-refractivity contribution in [3.8, 4) is 0 Å². The highest BCUT2D eigenvalue weighted by Gasteiger charge is 2.23. The van der Waals surface area contributed by atoms with Gasteiger partial charge in [-0.15, -0.1) is 0 Å². The van der Waals surface area contributed by atoms with Gasteiger partial charge in [-0.2, -0.15) is 0 Å². The van der Waals surface area contributed by atoms with Gasteiger partial charge in [0.1, 0.15) is 0 Å². The van der Waals surface area contributed by atoms with E-state index in [4.69, 9.17) is 0 Å². The van der Waals surface area contributed by atoms with E-state index in [2.05, 4.69) is 24.0 Å². The summed E-state index contributed by atoms with van der Waals surface area (Å²) in [6.45, 7) is 6.39.